The topological polar surface area (TPSA) is 17.8 Å². The maximum absolute atomic E-state index is 4.44. The summed E-state index contributed by atoms with van der Waals surface area (Å²) < 4.78 is 2.15. The van der Waals surface area contributed by atoms with Crippen molar-refractivity contribution in [3.8, 4) is 0 Å². The van der Waals surface area contributed by atoms with E-state index in [0.29, 0.717) is 0 Å². The molecule has 2 aromatic rings. The highest BCUT2D eigenvalue weighted by atomic mass is 14.9. The van der Waals surface area contributed by atoms with Gasteiger partial charge in [-0.3, -0.25) is 4.98 Å². The zero-order valence-electron chi connectivity index (χ0n) is 8.83. The fraction of sp³-hybridized carbons (Fsp3) is 0.417. The molecule has 0 amide bonds. The Labute approximate surface area is 84.6 Å². The van der Waals surface area contributed by atoms with Crippen LogP contribution in [-0.4, -0.2) is 9.55 Å². The van der Waals surface area contributed by atoms with Crippen LogP contribution in [0.4, 0.5) is 0 Å². The summed E-state index contributed by atoms with van der Waals surface area (Å²) in [7, 11) is 2.08. The van der Waals surface area contributed by atoms with Crippen LogP contribution in [0.1, 0.15) is 25.5 Å². The molecule has 0 aliphatic rings. The SMILES string of the molecule is CCCCc1nccc2c1ccn2C. The van der Waals surface area contributed by atoms with Crippen molar-refractivity contribution in [1.29, 1.82) is 0 Å². The van der Waals surface area contributed by atoms with Gasteiger partial charge in [-0.1, -0.05) is 13.3 Å². The monoisotopic (exact) mass is 188 g/mol. The summed E-state index contributed by atoms with van der Waals surface area (Å²) in [6.07, 6.45) is 7.55. The van der Waals surface area contributed by atoms with Crippen LogP contribution in [-0.2, 0) is 13.5 Å². The molecule has 0 fully saturated rings. The summed E-state index contributed by atoms with van der Waals surface area (Å²) in [5.41, 5.74) is 2.52. The van der Waals surface area contributed by atoms with Crippen LogP contribution in [0, 0.1) is 0 Å². The fourth-order valence-electron chi connectivity index (χ4n) is 1.80. The Balaban J connectivity index is 2.44. The molecule has 0 atom stereocenters. The highest BCUT2D eigenvalue weighted by Crippen LogP contribution is 2.18. The molecule has 0 N–H and O–H groups in total. The minimum absolute atomic E-state index is 1.10. The normalized spacial score (nSPS) is 11.0. The average molecular weight is 188 g/mol. The van der Waals surface area contributed by atoms with E-state index < -0.39 is 0 Å². The zero-order chi connectivity index (χ0) is 9.97. The van der Waals surface area contributed by atoms with Crippen LogP contribution in [0.15, 0.2) is 24.5 Å². The first-order chi connectivity index (χ1) is 6.83. The van der Waals surface area contributed by atoms with Crippen LogP contribution >= 0.6 is 0 Å². The molecule has 0 radical (unpaired) electrons. The molecule has 0 aliphatic carbocycles. The van der Waals surface area contributed by atoms with Gasteiger partial charge in [-0.05, 0) is 25.0 Å². The molecule has 0 aliphatic heterocycles. The van der Waals surface area contributed by atoms with E-state index in [-0.39, 0.29) is 0 Å². The number of fused-ring (bicyclic) bond motifs is 1. The van der Waals surface area contributed by atoms with Gasteiger partial charge in [0.25, 0.3) is 0 Å². The van der Waals surface area contributed by atoms with Crippen molar-refractivity contribution in [2.24, 2.45) is 7.05 Å². The van der Waals surface area contributed by atoms with Crippen molar-refractivity contribution in [2.45, 2.75) is 26.2 Å². The molecule has 2 aromatic heterocycles. The minimum atomic E-state index is 1.10. The molecule has 2 heteroatoms. The molecule has 74 valence electrons. The molecular weight excluding hydrogens is 172 g/mol. The Hall–Kier alpha value is -1.31. The summed E-state index contributed by atoms with van der Waals surface area (Å²) in [6, 6.07) is 4.23. The third kappa shape index (κ3) is 1.52. The van der Waals surface area contributed by atoms with E-state index >= 15 is 0 Å². The summed E-state index contributed by atoms with van der Waals surface area (Å²) in [4.78, 5) is 4.44. The Morgan fingerprint density at radius 2 is 2.21 bits per heavy atom. The van der Waals surface area contributed by atoms with Crippen molar-refractivity contribution < 1.29 is 0 Å². The van der Waals surface area contributed by atoms with Gasteiger partial charge in [-0.15, -0.1) is 0 Å². The molecule has 0 aromatic carbocycles. The van der Waals surface area contributed by atoms with Gasteiger partial charge in [0.1, 0.15) is 0 Å². The zero-order valence-corrected chi connectivity index (χ0v) is 8.83. The minimum Gasteiger partial charge on any atom is -0.350 e. The van der Waals surface area contributed by atoms with Crippen LogP contribution in [0.2, 0.25) is 0 Å². The van der Waals surface area contributed by atoms with E-state index in [9.17, 15) is 0 Å². The van der Waals surface area contributed by atoms with E-state index in [2.05, 4.69) is 41.9 Å². The van der Waals surface area contributed by atoms with Gasteiger partial charge in [0.05, 0.1) is 5.52 Å². The smallest absolute Gasteiger partial charge is 0.0511 e. The number of hydrogen-bond acceptors (Lipinski definition) is 1. The molecular formula is C12H16N2. The second kappa shape index (κ2) is 3.82. The van der Waals surface area contributed by atoms with E-state index in [1.54, 1.807) is 0 Å². The number of aromatic nitrogens is 2. The average Bonchev–Trinajstić information content (AvgIpc) is 2.58. The third-order valence-corrected chi connectivity index (χ3v) is 2.66. The first-order valence-electron chi connectivity index (χ1n) is 5.22. The van der Waals surface area contributed by atoms with Crippen molar-refractivity contribution in [3.63, 3.8) is 0 Å². The molecule has 0 spiro atoms. The lowest BCUT2D eigenvalue weighted by molar-refractivity contribution is 0.782. The maximum Gasteiger partial charge on any atom is 0.0511 e. The van der Waals surface area contributed by atoms with Gasteiger partial charge in [0.2, 0.25) is 0 Å². The van der Waals surface area contributed by atoms with Crippen molar-refractivity contribution in [1.82, 2.24) is 9.55 Å². The molecule has 14 heavy (non-hydrogen) atoms. The summed E-state index contributed by atoms with van der Waals surface area (Å²) in [5.74, 6) is 0. The number of rotatable bonds is 3. The van der Waals surface area contributed by atoms with Crippen LogP contribution in [0.25, 0.3) is 10.9 Å². The second-order valence-electron chi connectivity index (χ2n) is 3.72. The first-order valence-corrected chi connectivity index (χ1v) is 5.22. The standard InChI is InChI=1S/C12H16N2/c1-3-4-5-11-10-7-9-14(2)12(10)6-8-13-11/h6-9H,3-5H2,1-2H3. The van der Waals surface area contributed by atoms with Gasteiger partial charge >= 0.3 is 0 Å². The predicted molar refractivity (Wildman–Crippen MR) is 59.3 cm³/mol. The predicted octanol–water partition coefficient (Wildman–Crippen LogP) is 2.92. The molecule has 0 unspecified atom stereocenters. The number of unbranched alkanes of at least 4 members (excludes halogenated alkanes) is 1. The van der Waals surface area contributed by atoms with Crippen LogP contribution in [0.3, 0.4) is 0 Å². The maximum atomic E-state index is 4.44. The number of pyridine rings is 1. The number of hydrogen-bond donors (Lipinski definition) is 0. The summed E-state index contributed by atoms with van der Waals surface area (Å²) in [5, 5.41) is 1.31. The van der Waals surface area contributed by atoms with Gasteiger partial charge in [0.15, 0.2) is 0 Å². The van der Waals surface area contributed by atoms with E-state index in [1.807, 2.05) is 6.20 Å². The molecule has 2 rings (SSSR count). The van der Waals surface area contributed by atoms with Crippen molar-refractivity contribution in [3.05, 3.63) is 30.2 Å². The number of aryl methyl sites for hydroxylation is 2. The Kier molecular flexibility index (Phi) is 2.53. The van der Waals surface area contributed by atoms with Crippen molar-refractivity contribution >= 4 is 10.9 Å². The third-order valence-electron chi connectivity index (χ3n) is 2.66. The van der Waals surface area contributed by atoms with Gasteiger partial charge in [0, 0.05) is 30.5 Å². The van der Waals surface area contributed by atoms with Gasteiger partial charge in [-0.25, -0.2) is 0 Å². The molecule has 2 heterocycles. The van der Waals surface area contributed by atoms with E-state index in [1.165, 1.54) is 29.4 Å². The summed E-state index contributed by atoms with van der Waals surface area (Å²) >= 11 is 0. The molecule has 0 bridgehead atoms. The highest BCUT2D eigenvalue weighted by Gasteiger charge is 2.03. The van der Waals surface area contributed by atoms with E-state index in [0.717, 1.165) is 6.42 Å². The Bertz CT molecular complexity index is 429. The lowest BCUT2D eigenvalue weighted by Crippen LogP contribution is -1.91. The number of nitrogens with zero attached hydrogens (tertiary/aromatic N) is 2. The lowest BCUT2D eigenvalue weighted by atomic mass is 10.1. The fourth-order valence-corrected chi connectivity index (χ4v) is 1.80. The quantitative estimate of drug-likeness (QED) is 0.724. The lowest BCUT2D eigenvalue weighted by Gasteiger charge is -2.01. The van der Waals surface area contributed by atoms with Crippen molar-refractivity contribution in [2.75, 3.05) is 0 Å². The molecule has 0 saturated carbocycles. The largest absolute Gasteiger partial charge is 0.350 e. The molecule has 0 saturated heterocycles. The van der Waals surface area contributed by atoms with E-state index in [4.69, 9.17) is 0 Å². The van der Waals surface area contributed by atoms with Gasteiger partial charge < -0.3 is 4.57 Å². The highest BCUT2D eigenvalue weighted by molar-refractivity contribution is 5.82. The Morgan fingerprint density at radius 1 is 1.36 bits per heavy atom. The second-order valence-corrected chi connectivity index (χ2v) is 3.72. The molecule has 2 nitrogen and oxygen atoms in total. The first kappa shape index (κ1) is 9.25. The van der Waals surface area contributed by atoms with Gasteiger partial charge in [-0.2, -0.15) is 0 Å². The summed E-state index contributed by atoms with van der Waals surface area (Å²) in [6.45, 7) is 2.21. The Morgan fingerprint density at radius 3 is 3.00 bits per heavy atom. The van der Waals surface area contributed by atoms with Crippen LogP contribution in [0.5, 0.6) is 0 Å². The van der Waals surface area contributed by atoms with Crippen LogP contribution < -0.4 is 0 Å².